The lowest BCUT2D eigenvalue weighted by atomic mass is 10.0. The van der Waals surface area contributed by atoms with Gasteiger partial charge in [0.1, 0.15) is 11.6 Å². The van der Waals surface area contributed by atoms with E-state index in [0.29, 0.717) is 33.7 Å². The zero-order chi connectivity index (χ0) is 14.1. The number of nitrogens with one attached hydrogen (secondary N) is 1. The number of rotatable bonds is 4. The molecular formula is C16H14BrF2N. The molecule has 3 rings (SSSR count). The van der Waals surface area contributed by atoms with Crippen molar-refractivity contribution in [3.63, 3.8) is 0 Å². The van der Waals surface area contributed by atoms with Gasteiger partial charge in [-0.2, -0.15) is 0 Å². The summed E-state index contributed by atoms with van der Waals surface area (Å²) in [5.41, 5.74) is 1.75. The van der Waals surface area contributed by atoms with Gasteiger partial charge in [-0.05, 0) is 52.5 Å². The molecule has 0 bridgehead atoms. The summed E-state index contributed by atoms with van der Waals surface area (Å²) in [5.74, 6) is -0.572. The van der Waals surface area contributed by atoms with E-state index in [1.165, 1.54) is 6.07 Å². The fraction of sp³-hybridized carbons (Fsp3) is 0.250. The molecule has 1 aliphatic rings. The Labute approximate surface area is 125 Å². The van der Waals surface area contributed by atoms with E-state index in [1.54, 1.807) is 30.3 Å². The number of halogens is 3. The lowest BCUT2D eigenvalue weighted by Crippen LogP contribution is -2.16. The summed E-state index contributed by atoms with van der Waals surface area (Å²) in [6, 6.07) is 10.4. The van der Waals surface area contributed by atoms with Crippen LogP contribution in [-0.4, -0.2) is 6.04 Å². The Balaban J connectivity index is 1.92. The Morgan fingerprint density at radius 3 is 2.70 bits per heavy atom. The average Bonchev–Trinajstić information content (AvgIpc) is 3.25. The van der Waals surface area contributed by atoms with Gasteiger partial charge in [0.15, 0.2) is 0 Å². The molecule has 1 saturated carbocycles. The Kier molecular flexibility index (Phi) is 3.85. The van der Waals surface area contributed by atoms with Crippen molar-refractivity contribution in [3.05, 3.63) is 58.1 Å². The smallest absolute Gasteiger partial charge is 0.145 e. The van der Waals surface area contributed by atoms with E-state index in [2.05, 4.69) is 21.2 Å². The van der Waals surface area contributed by atoms with Gasteiger partial charge in [0.05, 0.1) is 4.47 Å². The van der Waals surface area contributed by atoms with Gasteiger partial charge >= 0.3 is 0 Å². The summed E-state index contributed by atoms with van der Waals surface area (Å²) in [4.78, 5) is 0. The normalized spacial score (nSPS) is 14.6. The van der Waals surface area contributed by atoms with Crippen molar-refractivity contribution < 1.29 is 8.78 Å². The first-order chi connectivity index (χ1) is 9.65. The molecule has 0 radical (unpaired) electrons. The Morgan fingerprint density at radius 1 is 1.15 bits per heavy atom. The van der Waals surface area contributed by atoms with Gasteiger partial charge in [-0.15, -0.1) is 0 Å². The van der Waals surface area contributed by atoms with Crippen LogP contribution in [0.2, 0.25) is 0 Å². The highest BCUT2D eigenvalue weighted by Crippen LogP contribution is 2.29. The SMILES string of the molecule is Fc1ccc(-c2cccc(Br)c2F)cc1CNC1CC1. The summed E-state index contributed by atoms with van der Waals surface area (Å²) in [5, 5.41) is 3.28. The minimum absolute atomic E-state index is 0.252. The molecule has 2 aromatic carbocycles. The molecule has 0 amide bonds. The molecule has 0 heterocycles. The molecule has 20 heavy (non-hydrogen) atoms. The highest BCUT2D eigenvalue weighted by Gasteiger charge is 2.20. The highest BCUT2D eigenvalue weighted by molar-refractivity contribution is 9.10. The van der Waals surface area contributed by atoms with Crippen LogP contribution in [0.3, 0.4) is 0 Å². The quantitative estimate of drug-likeness (QED) is 0.856. The van der Waals surface area contributed by atoms with Gasteiger partial charge < -0.3 is 5.32 Å². The summed E-state index contributed by atoms with van der Waals surface area (Å²) in [6.45, 7) is 0.486. The fourth-order valence-electron chi connectivity index (χ4n) is 2.15. The first-order valence-electron chi connectivity index (χ1n) is 6.61. The van der Waals surface area contributed by atoms with Crippen LogP contribution in [0, 0.1) is 11.6 Å². The predicted octanol–water partition coefficient (Wildman–Crippen LogP) is 4.65. The van der Waals surface area contributed by atoms with E-state index < -0.39 is 0 Å². The third-order valence-electron chi connectivity index (χ3n) is 3.47. The molecule has 2 aromatic rings. The van der Waals surface area contributed by atoms with Gasteiger partial charge in [-0.25, -0.2) is 8.78 Å². The van der Waals surface area contributed by atoms with Crippen molar-refractivity contribution >= 4 is 15.9 Å². The maximum Gasteiger partial charge on any atom is 0.145 e. The Bertz CT molecular complexity index is 638. The monoisotopic (exact) mass is 337 g/mol. The molecule has 0 aromatic heterocycles. The minimum Gasteiger partial charge on any atom is -0.310 e. The summed E-state index contributed by atoms with van der Waals surface area (Å²) in [7, 11) is 0. The van der Waals surface area contributed by atoms with Crippen molar-refractivity contribution in [1.29, 1.82) is 0 Å². The minimum atomic E-state index is -0.319. The van der Waals surface area contributed by atoms with E-state index >= 15 is 0 Å². The maximum absolute atomic E-state index is 14.1. The lowest BCUT2D eigenvalue weighted by molar-refractivity contribution is 0.587. The Hall–Kier alpha value is -1.26. The van der Waals surface area contributed by atoms with E-state index in [-0.39, 0.29) is 11.6 Å². The third-order valence-corrected chi connectivity index (χ3v) is 4.08. The molecule has 0 unspecified atom stereocenters. The van der Waals surface area contributed by atoms with Crippen LogP contribution in [0.5, 0.6) is 0 Å². The van der Waals surface area contributed by atoms with Crippen molar-refractivity contribution in [2.75, 3.05) is 0 Å². The van der Waals surface area contributed by atoms with E-state index in [1.807, 2.05) is 0 Å². The molecule has 1 aliphatic carbocycles. The molecular weight excluding hydrogens is 324 g/mol. The van der Waals surface area contributed by atoms with Gasteiger partial charge in [0.2, 0.25) is 0 Å². The van der Waals surface area contributed by atoms with Gasteiger partial charge in [0, 0.05) is 23.7 Å². The molecule has 104 valence electrons. The number of benzene rings is 2. The van der Waals surface area contributed by atoms with Crippen molar-refractivity contribution in [2.45, 2.75) is 25.4 Å². The van der Waals surface area contributed by atoms with E-state index in [4.69, 9.17) is 0 Å². The summed E-state index contributed by atoms with van der Waals surface area (Å²) < 4.78 is 28.3. The lowest BCUT2D eigenvalue weighted by Gasteiger charge is -2.09. The molecule has 0 saturated heterocycles. The van der Waals surface area contributed by atoms with Gasteiger partial charge in [0.25, 0.3) is 0 Å². The second-order valence-electron chi connectivity index (χ2n) is 5.06. The molecule has 1 fully saturated rings. The number of hydrogen-bond donors (Lipinski definition) is 1. The van der Waals surface area contributed by atoms with E-state index in [0.717, 1.165) is 12.8 Å². The topological polar surface area (TPSA) is 12.0 Å². The maximum atomic E-state index is 14.1. The standard InChI is InChI=1S/C16H14BrF2N/c17-14-3-1-2-13(16(14)19)10-4-7-15(18)11(8-10)9-20-12-5-6-12/h1-4,7-8,12,20H,5-6,9H2. The molecule has 0 spiro atoms. The van der Waals surface area contributed by atoms with Crippen LogP contribution >= 0.6 is 15.9 Å². The second-order valence-corrected chi connectivity index (χ2v) is 5.92. The zero-order valence-corrected chi connectivity index (χ0v) is 12.4. The van der Waals surface area contributed by atoms with Crippen LogP contribution in [0.4, 0.5) is 8.78 Å². The second kappa shape index (κ2) is 5.62. The molecule has 4 heteroatoms. The van der Waals surface area contributed by atoms with Crippen LogP contribution in [0.25, 0.3) is 11.1 Å². The van der Waals surface area contributed by atoms with E-state index in [9.17, 15) is 8.78 Å². The molecule has 1 N–H and O–H groups in total. The largest absolute Gasteiger partial charge is 0.310 e. The third kappa shape index (κ3) is 2.91. The first kappa shape index (κ1) is 13.7. The molecule has 1 nitrogen and oxygen atoms in total. The summed E-state index contributed by atoms with van der Waals surface area (Å²) in [6.07, 6.45) is 2.31. The van der Waals surface area contributed by atoms with Crippen molar-refractivity contribution in [3.8, 4) is 11.1 Å². The highest BCUT2D eigenvalue weighted by atomic mass is 79.9. The van der Waals surface area contributed by atoms with Crippen LogP contribution < -0.4 is 5.32 Å². The van der Waals surface area contributed by atoms with Crippen molar-refractivity contribution in [2.24, 2.45) is 0 Å². The predicted molar refractivity (Wildman–Crippen MR) is 79.4 cm³/mol. The van der Waals surface area contributed by atoms with Gasteiger partial charge in [-0.1, -0.05) is 18.2 Å². The zero-order valence-electron chi connectivity index (χ0n) is 10.8. The van der Waals surface area contributed by atoms with Crippen LogP contribution in [0.15, 0.2) is 40.9 Å². The fourth-order valence-corrected chi connectivity index (χ4v) is 2.51. The number of hydrogen-bond acceptors (Lipinski definition) is 1. The van der Waals surface area contributed by atoms with Crippen LogP contribution in [0.1, 0.15) is 18.4 Å². The Morgan fingerprint density at radius 2 is 1.95 bits per heavy atom. The first-order valence-corrected chi connectivity index (χ1v) is 7.40. The van der Waals surface area contributed by atoms with Crippen LogP contribution in [-0.2, 0) is 6.54 Å². The molecule has 0 atom stereocenters. The van der Waals surface area contributed by atoms with Crippen molar-refractivity contribution in [1.82, 2.24) is 5.32 Å². The average molecular weight is 338 g/mol. The molecule has 0 aliphatic heterocycles. The van der Waals surface area contributed by atoms with Gasteiger partial charge in [-0.3, -0.25) is 0 Å². The summed E-state index contributed by atoms with van der Waals surface area (Å²) >= 11 is 3.17.